The van der Waals surface area contributed by atoms with Gasteiger partial charge in [0.15, 0.2) is 0 Å². The smallest absolute Gasteiger partial charge is 0.308 e. The third-order valence-electron chi connectivity index (χ3n) is 5.46. The predicted octanol–water partition coefficient (Wildman–Crippen LogP) is 5.03. The number of unbranched alkanes of at least 4 members (excludes halogenated alkanes) is 1. The fourth-order valence-corrected chi connectivity index (χ4v) is 3.55. The lowest BCUT2D eigenvalue weighted by Gasteiger charge is -2.24. The van der Waals surface area contributed by atoms with Crippen LogP contribution in [0.1, 0.15) is 41.3 Å². The molecule has 1 heterocycles. The van der Waals surface area contributed by atoms with Crippen molar-refractivity contribution >= 4 is 29.3 Å². The number of rotatable bonds is 9. The zero-order chi connectivity index (χ0) is 24.5. The molecule has 4 rings (SSSR count). The van der Waals surface area contributed by atoms with E-state index >= 15 is 0 Å². The Bertz CT molecular complexity index is 1230. The molecule has 9 nitrogen and oxygen atoms in total. The number of urea groups is 1. The van der Waals surface area contributed by atoms with Gasteiger partial charge < -0.3 is 5.32 Å². The van der Waals surface area contributed by atoms with Crippen LogP contribution in [-0.4, -0.2) is 32.6 Å². The maximum Gasteiger partial charge on any atom is 0.326 e. The quantitative estimate of drug-likeness (QED) is 0.318. The number of aromatic amines is 1. The summed E-state index contributed by atoms with van der Waals surface area (Å²) in [6.45, 7) is 2.50. The molecule has 0 aliphatic carbocycles. The third kappa shape index (κ3) is 6.50. The zero-order valence-corrected chi connectivity index (χ0v) is 19.4. The number of nitrogens with one attached hydrogen (secondary N) is 3. The van der Waals surface area contributed by atoms with Crippen molar-refractivity contribution in [2.45, 2.75) is 32.7 Å². The largest absolute Gasteiger partial charge is 0.326 e. The van der Waals surface area contributed by atoms with E-state index in [1.54, 1.807) is 17.0 Å². The molecular weight excluding hydrogens is 442 g/mol. The lowest BCUT2D eigenvalue weighted by Crippen LogP contribution is -2.34. The standard InChI is InChI=1S/C26H27N7O2/c1-2-3-7-19-12-16-23(17-13-19)33(26(35)27-22-8-5-4-6-9-22)18-20-10-14-21(15-11-20)24(34)28-25-29-31-32-30-25/h4-6,8-17H,2-3,7,18H2,1H3,(H,27,35)(H2,28,29,30,31,32,34). The van der Waals surface area contributed by atoms with Crippen LogP contribution in [0.4, 0.5) is 22.1 Å². The number of H-pyrrole nitrogens is 1. The lowest BCUT2D eigenvalue weighted by atomic mass is 10.1. The Hall–Kier alpha value is -4.53. The van der Waals surface area contributed by atoms with Crippen molar-refractivity contribution in [3.05, 3.63) is 95.6 Å². The van der Waals surface area contributed by atoms with Crippen LogP contribution in [0.25, 0.3) is 0 Å². The molecule has 4 aromatic rings. The van der Waals surface area contributed by atoms with E-state index in [9.17, 15) is 9.59 Å². The Morgan fingerprint density at radius 3 is 2.26 bits per heavy atom. The Labute approximate surface area is 203 Å². The number of carbonyl (C=O) groups is 2. The first-order valence-electron chi connectivity index (χ1n) is 11.5. The van der Waals surface area contributed by atoms with Gasteiger partial charge in [0.1, 0.15) is 0 Å². The SMILES string of the molecule is CCCCc1ccc(N(Cc2ccc(C(=O)Nc3nn[nH]n3)cc2)C(=O)Nc2ccccc2)cc1. The Morgan fingerprint density at radius 2 is 1.60 bits per heavy atom. The summed E-state index contributed by atoms with van der Waals surface area (Å²) in [6.07, 6.45) is 3.28. The minimum Gasteiger partial charge on any atom is -0.308 e. The molecule has 0 atom stereocenters. The van der Waals surface area contributed by atoms with E-state index in [1.807, 2.05) is 54.6 Å². The monoisotopic (exact) mass is 469 g/mol. The van der Waals surface area contributed by atoms with Crippen LogP contribution in [0.3, 0.4) is 0 Å². The van der Waals surface area contributed by atoms with Crippen LogP contribution in [0.15, 0.2) is 78.9 Å². The molecule has 0 aliphatic rings. The first-order chi connectivity index (χ1) is 17.1. The molecule has 0 aliphatic heterocycles. The van der Waals surface area contributed by atoms with Gasteiger partial charge in [0.05, 0.1) is 6.54 Å². The van der Waals surface area contributed by atoms with Gasteiger partial charge in [0, 0.05) is 16.9 Å². The van der Waals surface area contributed by atoms with Crippen molar-refractivity contribution in [1.82, 2.24) is 20.6 Å². The van der Waals surface area contributed by atoms with Crippen molar-refractivity contribution in [2.75, 3.05) is 15.5 Å². The summed E-state index contributed by atoms with van der Waals surface area (Å²) in [5.74, 6) is -0.246. The predicted molar refractivity (Wildman–Crippen MR) is 135 cm³/mol. The first-order valence-corrected chi connectivity index (χ1v) is 11.5. The summed E-state index contributed by atoms with van der Waals surface area (Å²) >= 11 is 0. The van der Waals surface area contributed by atoms with Gasteiger partial charge in [-0.15, -0.1) is 5.10 Å². The number of para-hydroxylation sites is 1. The molecule has 0 fully saturated rings. The van der Waals surface area contributed by atoms with Crippen molar-refractivity contribution < 1.29 is 9.59 Å². The summed E-state index contributed by atoms with van der Waals surface area (Å²) in [5.41, 5.74) is 4.07. The second-order valence-corrected chi connectivity index (χ2v) is 8.04. The normalized spacial score (nSPS) is 10.5. The Balaban J connectivity index is 1.51. The maximum atomic E-state index is 13.3. The molecular formula is C26H27N7O2. The second kappa shape index (κ2) is 11.6. The Kier molecular flexibility index (Phi) is 7.80. The van der Waals surface area contributed by atoms with Crippen LogP contribution in [-0.2, 0) is 13.0 Å². The highest BCUT2D eigenvalue weighted by Crippen LogP contribution is 2.21. The van der Waals surface area contributed by atoms with E-state index < -0.39 is 0 Å². The topological polar surface area (TPSA) is 116 Å². The molecule has 0 saturated carbocycles. The number of aromatic nitrogens is 4. The molecule has 0 radical (unpaired) electrons. The van der Waals surface area contributed by atoms with Crippen LogP contribution < -0.4 is 15.5 Å². The van der Waals surface area contributed by atoms with Crippen molar-refractivity contribution in [1.29, 1.82) is 0 Å². The average molecular weight is 470 g/mol. The number of nitrogens with zero attached hydrogens (tertiary/aromatic N) is 4. The fraction of sp³-hybridized carbons (Fsp3) is 0.192. The van der Waals surface area contributed by atoms with Gasteiger partial charge in [0.25, 0.3) is 11.9 Å². The van der Waals surface area contributed by atoms with Crippen LogP contribution in [0, 0.1) is 0 Å². The number of benzene rings is 3. The lowest BCUT2D eigenvalue weighted by molar-refractivity contribution is 0.102. The highest BCUT2D eigenvalue weighted by atomic mass is 16.2. The van der Waals surface area contributed by atoms with E-state index in [2.05, 4.69) is 50.3 Å². The van der Waals surface area contributed by atoms with Crippen molar-refractivity contribution in [3.63, 3.8) is 0 Å². The molecule has 0 bridgehead atoms. The van der Waals surface area contributed by atoms with Crippen molar-refractivity contribution in [3.8, 4) is 0 Å². The number of hydrogen-bond acceptors (Lipinski definition) is 5. The number of carbonyl (C=O) groups excluding carboxylic acids is 2. The van der Waals surface area contributed by atoms with Gasteiger partial charge in [-0.05, 0) is 65.6 Å². The van der Waals surface area contributed by atoms with Gasteiger partial charge in [0.2, 0.25) is 0 Å². The molecule has 3 N–H and O–H groups in total. The molecule has 1 aromatic heterocycles. The molecule has 9 heteroatoms. The first kappa shape index (κ1) is 23.6. The minimum atomic E-state index is -0.348. The van der Waals surface area contributed by atoms with Crippen molar-refractivity contribution in [2.24, 2.45) is 0 Å². The highest BCUT2D eigenvalue weighted by Gasteiger charge is 2.17. The number of tetrazole rings is 1. The van der Waals surface area contributed by atoms with E-state index in [0.29, 0.717) is 12.1 Å². The van der Waals surface area contributed by atoms with Gasteiger partial charge in [-0.1, -0.05) is 60.9 Å². The minimum absolute atomic E-state index is 0.102. The van der Waals surface area contributed by atoms with Crippen LogP contribution >= 0.6 is 0 Å². The van der Waals surface area contributed by atoms with Gasteiger partial charge in [-0.3, -0.25) is 15.0 Å². The number of aryl methyl sites for hydroxylation is 1. The van der Waals surface area contributed by atoms with E-state index in [0.717, 1.165) is 36.2 Å². The average Bonchev–Trinajstić information content (AvgIpc) is 3.40. The Morgan fingerprint density at radius 1 is 0.886 bits per heavy atom. The van der Waals surface area contributed by atoms with E-state index in [4.69, 9.17) is 0 Å². The fourth-order valence-electron chi connectivity index (χ4n) is 3.55. The maximum absolute atomic E-state index is 13.3. The molecule has 3 aromatic carbocycles. The summed E-state index contributed by atoms with van der Waals surface area (Å²) in [5, 5.41) is 18.7. The summed E-state index contributed by atoms with van der Waals surface area (Å²) in [4.78, 5) is 27.3. The summed E-state index contributed by atoms with van der Waals surface area (Å²) < 4.78 is 0. The molecule has 0 unspecified atom stereocenters. The molecule has 0 saturated heterocycles. The van der Waals surface area contributed by atoms with Gasteiger partial charge in [-0.2, -0.15) is 5.21 Å². The van der Waals surface area contributed by atoms with Gasteiger partial charge in [-0.25, -0.2) is 4.79 Å². The number of anilines is 3. The summed E-state index contributed by atoms with van der Waals surface area (Å²) in [6, 6.07) is 24.2. The zero-order valence-electron chi connectivity index (χ0n) is 19.4. The summed E-state index contributed by atoms with van der Waals surface area (Å²) in [7, 11) is 0. The number of amides is 3. The number of hydrogen-bond donors (Lipinski definition) is 3. The second-order valence-electron chi connectivity index (χ2n) is 8.04. The molecule has 178 valence electrons. The van der Waals surface area contributed by atoms with Crippen LogP contribution in [0.5, 0.6) is 0 Å². The van der Waals surface area contributed by atoms with E-state index in [-0.39, 0.29) is 17.9 Å². The third-order valence-corrected chi connectivity index (χ3v) is 5.46. The highest BCUT2D eigenvalue weighted by molar-refractivity contribution is 6.03. The molecule has 3 amide bonds. The molecule has 35 heavy (non-hydrogen) atoms. The van der Waals surface area contributed by atoms with E-state index in [1.165, 1.54) is 5.56 Å². The van der Waals surface area contributed by atoms with Crippen LogP contribution in [0.2, 0.25) is 0 Å². The molecule has 0 spiro atoms. The van der Waals surface area contributed by atoms with Gasteiger partial charge >= 0.3 is 6.03 Å².